The highest BCUT2D eigenvalue weighted by molar-refractivity contribution is 7.09. The van der Waals surface area contributed by atoms with Gasteiger partial charge in [0.05, 0.1) is 11.9 Å². The fourth-order valence-corrected chi connectivity index (χ4v) is 2.47. The van der Waals surface area contributed by atoms with Gasteiger partial charge in [-0.3, -0.25) is 0 Å². The summed E-state index contributed by atoms with van der Waals surface area (Å²) in [4.78, 5) is 15.7. The lowest BCUT2D eigenvalue weighted by Gasteiger charge is -2.04. The van der Waals surface area contributed by atoms with Crippen molar-refractivity contribution in [1.82, 2.24) is 19.9 Å². The van der Waals surface area contributed by atoms with Crippen molar-refractivity contribution in [2.45, 2.75) is 13.5 Å². The Labute approximate surface area is 112 Å². The SMILES string of the molecule is Cc1cc2c(NCc3nccs3)nc(Cl)nc2[nH]1. The standard InChI is InChI=1S/C11H10ClN5S/c1-6-4-7-9(14-5-8-13-2-3-18-8)16-11(12)17-10(7)15-6/h2-4H,5H2,1H3,(H2,14,15,16,17). The third kappa shape index (κ3) is 2.16. The monoisotopic (exact) mass is 279 g/mol. The van der Waals surface area contributed by atoms with E-state index >= 15 is 0 Å². The Morgan fingerprint density at radius 3 is 3.11 bits per heavy atom. The molecule has 7 heteroatoms. The van der Waals surface area contributed by atoms with Crippen LogP contribution in [-0.2, 0) is 6.54 Å². The maximum atomic E-state index is 5.90. The highest BCUT2D eigenvalue weighted by Gasteiger charge is 2.09. The minimum absolute atomic E-state index is 0.228. The smallest absolute Gasteiger partial charge is 0.226 e. The molecule has 0 aliphatic rings. The first kappa shape index (κ1) is 11.4. The molecule has 18 heavy (non-hydrogen) atoms. The number of nitrogens with one attached hydrogen (secondary N) is 2. The molecule has 92 valence electrons. The van der Waals surface area contributed by atoms with Crippen LogP contribution in [0.3, 0.4) is 0 Å². The number of aromatic amines is 1. The molecule has 0 aliphatic carbocycles. The fourth-order valence-electron chi connectivity index (χ4n) is 1.75. The summed E-state index contributed by atoms with van der Waals surface area (Å²) < 4.78 is 0. The molecule has 0 aromatic carbocycles. The Hall–Kier alpha value is -1.66. The molecule has 3 aromatic rings. The van der Waals surface area contributed by atoms with E-state index in [2.05, 4.69) is 25.3 Å². The molecule has 0 saturated heterocycles. The Bertz CT molecular complexity index is 676. The van der Waals surface area contributed by atoms with Gasteiger partial charge in [0.1, 0.15) is 16.5 Å². The largest absolute Gasteiger partial charge is 0.363 e. The molecule has 0 spiro atoms. The molecule has 0 bridgehead atoms. The lowest BCUT2D eigenvalue weighted by molar-refractivity contribution is 1.07. The van der Waals surface area contributed by atoms with E-state index in [1.165, 1.54) is 0 Å². The van der Waals surface area contributed by atoms with Gasteiger partial charge in [0, 0.05) is 17.3 Å². The number of anilines is 1. The lowest BCUT2D eigenvalue weighted by atomic mass is 10.3. The summed E-state index contributed by atoms with van der Waals surface area (Å²) in [6.45, 7) is 2.60. The maximum absolute atomic E-state index is 5.90. The minimum Gasteiger partial charge on any atom is -0.363 e. The van der Waals surface area contributed by atoms with Crippen LogP contribution >= 0.6 is 22.9 Å². The van der Waals surface area contributed by atoms with Gasteiger partial charge in [-0.1, -0.05) is 0 Å². The van der Waals surface area contributed by atoms with Crippen LogP contribution < -0.4 is 5.32 Å². The number of H-pyrrole nitrogens is 1. The van der Waals surface area contributed by atoms with E-state index in [1.807, 2.05) is 18.4 Å². The molecule has 5 nitrogen and oxygen atoms in total. The van der Waals surface area contributed by atoms with Crippen molar-refractivity contribution in [3.8, 4) is 0 Å². The summed E-state index contributed by atoms with van der Waals surface area (Å²) in [7, 11) is 0. The van der Waals surface area contributed by atoms with E-state index in [0.717, 1.165) is 27.6 Å². The zero-order valence-corrected chi connectivity index (χ0v) is 11.1. The number of hydrogen-bond acceptors (Lipinski definition) is 5. The molecule has 0 amide bonds. The number of fused-ring (bicyclic) bond motifs is 1. The maximum Gasteiger partial charge on any atom is 0.226 e. The van der Waals surface area contributed by atoms with E-state index in [0.29, 0.717) is 6.54 Å². The lowest BCUT2D eigenvalue weighted by Crippen LogP contribution is -2.02. The van der Waals surface area contributed by atoms with E-state index in [-0.39, 0.29) is 5.28 Å². The Balaban J connectivity index is 1.95. The average molecular weight is 280 g/mol. The van der Waals surface area contributed by atoms with Crippen LogP contribution in [0.4, 0.5) is 5.82 Å². The van der Waals surface area contributed by atoms with Gasteiger partial charge in [-0.25, -0.2) is 9.97 Å². The highest BCUT2D eigenvalue weighted by atomic mass is 35.5. The predicted molar refractivity (Wildman–Crippen MR) is 73.1 cm³/mol. The number of halogens is 1. The van der Waals surface area contributed by atoms with Crippen molar-refractivity contribution in [1.29, 1.82) is 0 Å². The molecule has 0 atom stereocenters. The Morgan fingerprint density at radius 1 is 1.44 bits per heavy atom. The second-order valence-corrected chi connectivity index (χ2v) is 5.15. The van der Waals surface area contributed by atoms with Crippen molar-refractivity contribution < 1.29 is 0 Å². The van der Waals surface area contributed by atoms with Gasteiger partial charge >= 0.3 is 0 Å². The van der Waals surface area contributed by atoms with Crippen LogP contribution in [0.2, 0.25) is 5.28 Å². The van der Waals surface area contributed by atoms with Gasteiger partial charge in [-0.15, -0.1) is 11.3 Å². The topological polar surface area (TPSA) is 66.5 Å². The normalized spacial score (nSPS) is 11.0. The van der Waals surface area contributed by atoms with Crippen LogP contribution in [0.1, 0.15) is 10.7 Å². The van der Waals surface area contributed by atoms with Crippen LogP contribution in [0.5, 0.6) is 0 Å². The molecule has 0 radical (unpaired) electrons. The molecule has 0 saturated carbocycles. The summed E-state index contributed by atoms with van der Waals surface area (Å²) in [5.74, 6) is 0.726. The summed E-state index contributed by atoms with van der Waals surface area (Å²) >= 11 is 7.50. The summed E-state index contributed by atoms with van der Waals surface area (Å²) in [6, 6.07) is 2.00. The quantitative estimate of drug-likeness (QED) is 0.723. The van der Waals surface area contributed by atoms with Gasteiger partial charge in [-0.2, -0.15) is 4.98 Å². The van der Waals surface area contributed by atoms with Crippen molar-refractivity contribution in [3.05, 3.63) is 33.6 Å². The van der Waals surface area contributed by atoms with Gasteiger partial charge in [0.2, 0.25) is 5.28 Å². The van der Waals surface area contributed by atoms with E-state index in [9.17, 15) is 0 Å². The number of aromatic nitrogens is 4. The van der Waals surface area contributed by atoms with Crippen LogP contribution in [0, 0.1) is 6.92 Å². The van der Waals surface area contributed by atoms with Crippen molar-refractivity contribution in [3.63, 3.8) is 0 Å². The van der Waals surface area contributed by atoms with Crippen LogP contribution in [0.25, 0.3) is 11.0 Å². The summed E-state index contributed by atoms with van der Waals surface area (Å²) in [5.41, 5.74) is 1.77. The molecule has 2 N–H and O–H groups in total. The first-order chi connectivity index (χ1) is 8.72. The molecule has 0 aliphatic heterocycles. The molecular weight excluding hydrogens is 270 g/mol. The third-order valence-corrected chi connectivity index (χ3v) is 3.43. The Kier molecular flexibility index (Phi) is 2.89. The van der Waals surface area contributed by atoms with Gasteiger partial charge in [-0.05, 0) is 24.6 Å². The second kappa shape index (κ2) is 4.55. The van der Waals surface area contributed by atoms with E-state index in [4.69, 9.17) is 11.6 Å². The first-order valence-corrected chi connectivity index (χ1v) is 6.63. The van der Waals surface area contributed by atoms with Crippen molar-refractivity contribution >= 4 is 39.8 Å². The number of nitrogens with zero attached hydrogens (tertiary/aromatic N) is 3. The van der Waals surface area contributed by atoms with Crippen LogP contribution in [-0.4, -0.2) is 19.9 Å². The molecule has 3 rings (SSSR count). The number of hydrogen-bond donors (Lipinski definition) is 2. The molecule has 0 fully saturated rings. The van der Waals surface area contributed by atoms with Crippen LogP contribution in [0.15, 0.2) is 17.6 Å². The summed E-state index contributed by atoms with van der Waals surface area (Å²) in [5, 5.41) is 7.35. The fraction of sp³-hybridized carbons (Fsp3) is 0.182. The first-order valence-electron chi connectivity index (χ1n) is 5.37. The zero-order valence-electron chi connectivity index (χ0n) is 9.57. The number of aryl methyl sites for hydroxylation is 1. The van der Waals surface area contributed by atoms with E-state index < -0.39 is 0 Å². The number of thiazole rings is 1. The molecule has 3 heterocycles. The highest BCUT2D eigenvalue weighted by Crippen LogP contribution is 2.23. The van der Waals surface area contributed by atoms with Gasteiger partial charge < -0.3 is 10.3 Å². The summed E-state index contributed by atoms with van der Waals surface area (Å²) in [6.07, 6.45) is 1.78. The van der Waals surface area contributed by atoms with Crippen molar-refractivity contribution in [2.24, 2.45) is 0 Å². The third-order valence-electron chi connectivity index (χ3n) is 2.49. The Morgan fingerprint density at radius 2 is 2.33 bits per heavy atom. The number of rotatable bonds is 3. The zero-order chi connectivity index (χ0) is 12.5. The molecule has 0 unspecified atom stereocenters. The minimum atomic E-state index is 0.228. The van der Waals surface area contributed by atoms with Gasteiger partial charge in [0.15, 0.2) is 0 Å². The molecule has 3 aromatic heterocycles. The van der Waals surface area contributed by atoms with Gasteiger partial charge in [0.25, 0.3) is 0 Å². The molecular formula is C11H10ClN5S. The van der Waals surface area contributed by atoms with Crippen molar-refractivity contribution in [2.75, 3.05) is 5.32 Å². The van der Waals surface area contributed by atoms with E-state index in [1.54, 1.807) is 17.5 Å². The second-order valence-electron chi connectivity index (χ2n) is 3.84. The predicted octanol–water partition coefficient (Wildman–Crippen LogP) is 2.99. The average Bonchev–Trinajstić information content (AvgIpc) is 2.93.